The Kier molecular flexibility index (Phi) is 3.19. The number of nitrogens with two attached hydrogens (primary N) is 1. The Bertz CT molecular complexity index is 128. The largest absolute Gasteiger partial charge is 0.480 e. The van der Waals surface area contributed by atoms with Crippen molar-refractivity contribution >= 4 is 17.1 Å². The first kappa shape index (κ1) is 7.43. The Labute approximate surface area is 51.1 Å². The lowest BCUT2D eigenvalue weighted by molar-refractivity contribution is -0.137. The highest BCUT2D eigenvalue weighted by Gasteiger charge is 2.07. The molecule has 0 radical (unpaired) electrons. The van der Waals surface area contributed by atoms with Gasteiger partial charge in [-0.25, -0.2) is 0 Å². The molecule has 0 fully saturated rings. The van der Waals surface area contributed by atoms with Gasteiger partial charge in [0.25, 0.3) is 0 Å². The maximum Gasteiger partial charge on any atom is 0.321 e. The van der Waals surface area contributed by atoms with Gasteiger partial charge in [-0.3, -0.25) is 4.79 Å². The van der Waals surface area contributed by atoms with E-state index in [1.165, 1.54) is 0 Å². The summed E-state index contributed by atoms with van der Waals surface area (Å²) in [6.07, 6.45) is 0. The zero-order chi connectivity index (χ0) is 6.57. The zero-order valence-corrected chi connectivity index (χ0v) is 5.02. The van der Waals surface area contributed by atoms with Gasteiger partial charge in [-0.15, -0.1) is 16.9 Å². The molecule has 8 heavy (non-hydrogen) atoms. The molecule has 0 aliphatic rings. The number of carboxylic acids is 1. The summed E-state index contributed by atoms with van der Waals surface area (Å²) in [5.74, 6) is -0.752. The number of aliphatic carboxylic acids is 1. The van der Waals surface area contributed by atoms with Crippen LogP contribution < -0.4 is 5.73 Å². The van der Waals surface area contributed by atoms with Gasteiger partial charge >= 0.3 is 5.97 Å². The van der Waals surface area contributed by atoms with E-state index in [4.69, 9.17) is 16.5 Å². The van der Waals surface area contributed by atoms with E-state index < -0.39 is 12.0 Å². The van der Waals surface area contributed by atoms with Crippen molar-refractivity contribution in [1.29, 1.82) is 0 Å². The molecule has 1 atom stereocenters. The number of hydrogen-bond donors (Lipinski definition) is 2. The second-order valence-corrected chi connectivity index (χ2v) is 1.94. The maximum atomic E-state index is 9.90. The molecule has 0 bridgehead atoms. The quantitative estimate of drug-likeness (QED) is 0.544. The second-order valence-electron chi connectivity index (χ2n) is 1.28. The van der Waals surface area contributed by atoms with Gasteiger partial charge in [-0.1, -0.05) is 0 Å². The van der Waals surface area contributed by atoms with Crippen LogP contribution in [0.25, 0.3) is 0 Å². The van der Waals surface area contributed by atoms with Gasteiger partial charge in [0.2, 0.25) is 0 Å². The molecule has 0 aliphatic heterocycles. The van der Waals surface area contributed by atoms with Crippen molar-refractivity contribution in [1.82, 2.24) is 0 Å². The van der Waals surface area contributed by atoms with Crippen LogP contribution in [0.5, 0.6) is 0 Å². The Morgan fingerprint density at radius 1 is 2.00 bits per heavy atom. The highest BCUT2D eigenvalue weighted by Crippen LogP contribution is 1.84. The van der Waals surface area contributed by atoms with Crippen LogP contribution >= 0.6 is 11.2 Å². The fourth-order valence-corrected chi connectivity index (χ4v) is 0.525. The first-order chi connectivity index (χ1) is 3.68. The predicted molar refractivity (Wildman–Crippen MR) is 33.0 cm³/mol. The van der Waals surface area contributed by atoms with E-state index in [-0.39, 0.29) is 5.75 Å². The lowest BCUT2D eigenvalue weighted by Crippen LogP contribution is -2.31. The van der Waals surface area contributed by atoms with Gasteiger partial charge < -0.3 is 10.8 Å². The van der Waals surface area contributed by atoms with E-state index in [0.717, 1.165) is 11.2 Å². The van der Waals surface area contributed by atoms with Crippen molar-refractivity contribution in [3.05, 3.63) is 0 Å². The zero-order valence-electron chi connectivity index (χ0n) is 4.20. The summed E-state index contributed by atoms with van der Waals surface area (Å²) in [7, 11) is 0. The second kappa shape index (κ2) is 3.43. The predicted octanol–water partition coefficient (Wildman–Crippen LogP) is -0.280. The molecule has 0 saturated carbocycles. The molecule has 0 aromatic rings. The van der Waals surface area contributed by atoms with Crippen LogP contribution in [0.2, 0.25) is 0 Å². The minimum atomic E-state index is -1.01. The van der Waals surface area contributed by atoms with Crippen LogP contribution in [0.15, 0.2) is 0 Å². The van der Waals surface area contributed by atoms with Gasteiger partial charge in [0, 0.05) is 5.75 Å². The molecule has 0 saturated heterocycles. The number of rotatable bonds is 2. The van der Waals surface area contributed by atoms with E-state index in [9.17, 15) is 4.79 Å². The molecule has 4 heteroatoms. The monoisotopic (exact) mass is 133 g/mol. The molecule has 0 amide bonds. The third-order valence-corrected chi connectivity index (χ3v) is 1.14. The first-order valence-electron chi connectivity index (χ1n) is 1.98. The number of carbonyl (C=O) groups is 1. The van der Waals surface area contributed by atoms with Gasteiger partial charge in [0.15, 0.2) is 0 Å². The van der Waals surface area contributed by atoms with E-state index in [2.05, 4.69) is 0 Å². The van der Waals surface area contributed by atoms with Crippen LogP contribution in [0.1, 0.15) is 0 Å². The summed E-state index contributed by atoms with van der Waals surface area (Å²) >= 11 is 0.932. The molecule has 0 unspecified atom stereocenters. The SMILES string of the molecule is C#SC[C@H](N)C(=O)O. The molecule has 0 aromatic heterocycles. The van der Waals surface area contributed by atoms with E-state index in [0.29, 0.717) is 0 Å². The Morgan fingerprint density at radius 2 is 2.50 bits per heavy atom. The summed E-state index contributed by atoms with van der Waals surface area (Å²) in [6.45, 7) is 0. The Hall–Kier alpha value is -0.570. The summed E-state index contributed by atoms with van der Waals surface area (Å²) in [4.78, 5) is 9.90. The van der Waals surface area contributed by atoms with E-state index >= 15 is 0 Å². The molecule has 46 valence electrons. The van der Waals surface area contributed by atoms with Gasteiger partial charge in [-0.2, -0.15) is 0 Å². The molecule has 0 heterocycles. The molecule has 0 aromatic carbocycles. The van der Waals surface area contributed by atoms with Gasteiger partial charge in [-0.05, 0) is 0 Å². The lowest BCUT2D eigenvalue weighted by atomic mass is 10.4. The van der Waals surface area contributed by atoms with Gasteiger partial charge in [0.1, 0.15) is 6.04 Å². The standard InChI is InChI=1S/C4H7NO2S/c1-8-2-3(5)4(6)7/h1,3H,2,5H2,(H,6,7)/t3-/m0/s1. The Balaban J connectivity index is 3.52. The maximum absolute atomic E-state index is 9.90. The van der Waals surface area contributed by atoms with Crippen LogP contribution in [0.4, 0.5) is 0 Å². The summed E-state index contributed by atoms with van der Waals surface area (Å²) in [5.41, 5.74) is 9.97. The van der Waals surface area contributed by atoms with Crippen LogP contribution in [-0.2, 0) is 4.79 Å². The molecule has 0 rings (SSSR count). The molecular weight excluding hydrogens is 126 g/mol. The van der Waals surface area contributed by atoms with Crippen LogP contribution in [0, 0.1) is 5.69 Å². The smallest absolute Gasteiger partial charge is 0.321 e. The van der Waals surface area contributed by atoms with Crippen LogP contribution in [-0.4, -0.2) is 22.9 Å². The number of hydrogen-bond acceptors (Lipinski definition) is 2. The van der Waals surface area contributed by atoms with Crippen molar-refractivity contribution in [2.24, 2.45) is 5.73 Å². The van der Waals surface area contributed by atoms with Crippen molar-refractivity contribution in [2.75, 3.05) is 5.75 Å². The fraction of sp³-hybridized carbons (Fsp3) is 0.500. The van der Waals surface area contributed by atoms with Crippen molar-refractivity contribution in [2.45, 2.75) is 6.04 Å². The number of carboxylic acid groups (broad SMARTS) is 1. The first-order valence-corrected chi connectivity index (χ1v) is 3.03. The third kappa shape index (κ3) is 2.58. The molecule has 3 nitrogen and oxygen atoms in total. The minimum Gasteiger partial charge on any atom is -0.480 e. The minimum absolute atomic E-state index is 0.259. The molecule has 3 N–H and O–H groups in total. The summed E-state index contributed by atoms with van der Waals surface area (Å²) in [5, 5.41) is 8.12. The third-order valence-electron chi connectivity index (χ3n) is 0.593. The van der Waals surface area contributed by atoms with Crippen LogP contribution in [0.3, 0.4) is 0 Å². The van der Waals surface area contributed by atoms with E-state index in [1.54, 1.807) is 0 Å². The average molecular weight is 133 g/mol. The fourth-order valence-electron chi connectivity index (χ4n) is 0.175. The van der Waals surface area contributed by atoms with Crippen molar-refractivity contribution < 1.29 is 9.90 Å². The van der Waals surface area contributed by atoms with Crippen molar-refractivity contribution in [3.8, 4) is 5.69 Å². The topological polar surface area (TPSA) is 63.3 Å². The summed E-state index contributed by atoms with van der Waals surface area (Å²) in [6, 6.07) is -0.829. The van der Waals surface area contributed by atoms with E-state index in [1.807, 2.05) is 0 Å². The lowest BCUT2D eigenvalue weighted by Gasteiger charge is -1.96. The molecular formula is C4H7NO2S. The average Bonchev–Trinajstić information content (AvgIpc) is 1.67. The van der Waals surface area contributed by atoms with Gasteiger partial charge in [0.05, 0.1) is 0 Å². The highest BCUT2D eigenvalue weighted by atomic mass is 32.1. The highest BCUT2D eigenvalue weighted by molar-refractivity contribution is 7.88. The Morgan fingerprint density at radius 3 is 2.62 bits per heavy atom. The normalized spacial score (nSPS) is 12.5. The van der Waals surface area contributed by atoms with Crippen molar-refractivity contribution in [3.63, 3.8) is 0 Å². The summed E-state index contributed by atoms with van der Waals surface area (Å²) < 4.78 is 0. The molecule has 0 spiro atoms. The molecule has 0 aliphatic carbocycles.